The van der Waals surface area contributed by atoms with Crippen molar-refractivity contribution in [2.24, 2.45) is 5.73 Å². The first kappa shape index (κ1) is 24.0. The Hall–Kier alpha value is -4.10. The molecule has 3 aromatic rings. The molecular formula is C22H19F3N4O5S. The number of hydrogen-bond acceptors (Lipinski definition) is 6. The van der Waals surface area contributed by atoms with Crippen LogP contribution < -0.4 is 20.3 Å². The summed E-state index contributed by atoms with van der Waals surface area (Å²) in [6.45, 7) is 1.16. The second-order valence-corrected chi connectivity index (χ2v) is 8.99. The number of anilines is 1. The van der Waals surface area contributed by atoms with Crippen LogP contribution in [-0.2, 0) is 14.8 Å². The molecule has 13 heteroatoms. The number of amides is 1. The number of rotatable bonds is 9. The number of nitrogens with one attached hydrogen (secondary N) is 2. The minimum absolute atomic E-state index is 0.0994. The fourth-order valence-electron chi connectivity index (χ4n) is 3.07. The highest BCUT2D eigenvalue weighted by Crippen LogP contribution is 2.33. The number of halogens is 3. The molecule has 3 aromatic carbocycles. The van der Waals surface area contributed by atoms with Gasteiger partial charge in [-0.15, -0.1) is 0 Å². The largest absolute Gasteiger partial charge is 0.451 e. The number of nitrogen functional groups attached to an aromatic ring is 1. The van der Waals surface area contributed by atoms with Crippen LogP contribution in [0.2, 0.25) is 1.43 Å². The highest BCUT2D eigenvalue weighted by molar-refractivity contribution is 7.93. The van der Waals surface area contributed by atoms with Crippen LogP contribution in [0.1, 0.15) is 12.5 Å². The lowest BCUT2D eigenvalue weighted by Gasteiger charge is -2.29. The standard InChI is InChI=1S/C22H19F3N4O5S/c1-12(22(30)28-31)29(15-6-2-13(3-7-15)21(26)27)35(32,33)17-10-18(24)20(19(25)11-17)34-16-8-4-14(23)5-9-16/h2-12,31H,1H3,(H3,26,27)(H,28,30)/t12-/m0/s1/i/hD. The van der Waals surface area contributed by atoms with Crippen molar-refractivity contribution >= 4 is 27.5 Å². The molecule has 0 aliphatic heterocycles. The van der Waals surface area contributed by atoms with Crippen LogP contribution in [0.3, 0.4) is 0 Å². The quantitative estimate of drug-likeness (QED) is 0.151. The van der Waals surface area contributed by atoms with E-state index < -0.39 is 50.1 Å². The SMILES string of the molecule is [2H]ONC(=O)[C@H](C)N(c1ccc(C(=N)N)cc1)S(=O)(=O)c1cc(F)c(Oc2ccc(F)cc2)c(F)c1. The van der Waals surface area contributed by atoms with Crippen LogP contribution in [0.25, 0.3) is 0 Å². The second kappa shape index (κ2) is 10.0. The van der Waals surface area contributed by atoms with E-state index in [2.05, 4.69) is 5.21 Å². The van der Waals surface area contributed by atoms with Gasteiger partial charge < -0.3 is 10.5 Å². The van der Waals surface area contributed by atoms with Gasteiger partial charge in [0, 0.05) is 5.56 Å². The van der Waals surface area contributed by atoms with Crippen molar-refractivity contribution in [1.29, 1.82) is 5.41 Å². The molecule has 0 saturated heterocycles. The molecule has 0 fully saturated rings. The van der Waals surface area contributed by atoms with E-state index in [0.29, 0.717) is 16.4 Å². The van der Waals surface area contributed by atoms with E-state index in [1.165, 1.54) is 24.3 Å². The molecule has 1 atom stereocenters. The Balaban J connectivity index is 2.07. The van der Waals surface area contributed by atoms with Gasteiger partial charge >= 0.3 is 0 Å². The fourth-order valence-corrected chi connectivity index (χ4v) is 4.71. The van der Waals surface area contributed by atoms with E-state index in [1.54, 1.807) is 5.48 Å². The van der Waals surface area contributed by atoms with Gasteiger partial charge in [-0.05, 0) is 67.6 Å². The Morgan fingerprint density at radius 2 is 1.69 bits per heavy atom. The van der Waals surface area contributed by atoms with Crippen LogP contribution in [-0.4, -0.2) is 31.4 Å². The average Bonchev–Trinajstić information content (AvgIpc) is 2.82. The van der Waals surface area contributed by atoms with Crippen molar-refractivity contribution in [2.45, 2.75) is 17.9 Å². The van der Waals surface area contributed by atoms with Crippen molar-refractivity contribution in [1.82, 2.24) is 5.48 Å². The zero-order chi connectivity index (χ0) is 26.6. The third kappa shape index (κ3) is 5.36. The van der Waals surface area contributed by atoms with Crippen LogP contribution in [0.4, 0.5) is 18.9 Å². The van der Waals surface area contributed by atoms with Crippen molar-refractivity contribution in [3.05, 3.63) is 83.7 Å². The lowest BCUT2D eigenvalue weighted by molar-refractivity contribution is -0.129. The first-order chi connectivity index (χ1) is 16.9. The molecule has 0 spiro atoms. The van der Waals surface area contributed by atoms with Gasteiger partial charge in [-0.3, -0.25) is 19.7 Å². The molecule has 0 aromatic heterocycles. The van der Waals surface area contributed by atoms with Gasteiger partial charge in [0.2, 0.25) is 1.43 Å². The minimum Gasteiger partial charge on any atom is -0.451 e. The summed E-state index contributed by atoms with van der Waals surface area (Å²) in [6, 6.07) is 8.80. The Morgan fingerprint density at radius 3 is 2.20 bits per heavy atom. The summed E-state index contributed by atoms with van der Waals surface area (Å²) in [7, 11) is -4.80. The summed E-state index contributed by atoms with van der Waals surface area (Å²) < 4.78 is 82.0. The first-order valence-corrected chi connectivity index (χ1v) is 11.2. The van der Waals surface area contributed by atoms with Crippen LogP contribution >= 0.6 is 0 Å². The van der Waals surface area contributed by atoms with E-state index in [9.17, 15) is 26.4 Å². The summed E-state index contributed by atoms with van der Waals surface area (Å²) in [4.78, 5) is 11.5. The summed E-state index contributed by atoms with van der Waals surface area (Å²) in [5.41, 5.74) is 7.24. The number of nitrogens with two attached hydrogens (primary N) is 1. The molecule has 0 aliphatic carbocycles. The number of carbonyl (C=O) groups excluding carboxylic acids is 1. The van der Waals surface area contributed by atoms with Crippen LogP contribution in [0, 0.1) is 22.9 Å². The average molecular weight is 509 g/mol. The monoisotopic (exact) mass is 509 g/mol. The molecule has 9 nitrogen and oxygen atoms in total. The number of benzene rings is 3. The van der Waals surface area contributed by atoms with Gasteiger partial charge in [0.1, 0.15) is 23.4 Å². The number of nitrogens with zero attached hydrogens (tertiary/aromatic N) is 1. The summed E-state index contributed by atoms with van der Waals surface area (Å²) >= 11 is 0. The molecule has 0 heterocycles. The van der Waals surface area contributed by atoms with Gasteiger partial charge in [0.05, 0.1) is 10.6 Å². The fraction of sp³-hybridized carbons (Fsp3) is 0.0909. The molecule has 0 aliphatic rings. The molecule has 0 bridgehead atoms. The van der Waals surface area contributed by atoms with E-state index in [0.717, 1.165) is 31.2 Å². The van der Waals surface area contributed by atoms with Crippen molar-refractivity contribution in [3.63, 3.8) is 0 Å². The summed E-state index contributed by atoms with van der Waals surface area (Å²) in [6.07, 6.45) is 0. The Kier molecular flexibility index (Phi) is 6.89. The third-order valence-corrected chi connectivity index (χ3v) is 6.70. The summed E-state index contributed by atoms with van der Waals surface area (Å²) in [5.74, 6) is -5.74. The maximum Gasteiger partial charge on any atom is 0.266 e. The maximum atomic E-state index is 14.8. The number of hydrogen-bond donors (Lipinski definition) is 4. The zero-order valence-corrected chi connectivity index (χ0v) is 18.8. The number of sulfonamides is 1. The summed E-state index contributed by atoms with van der Waals surface area (Å²) in [5, 5.41) is 11.3. The van der Waals surface area contributed by atoms with E-state index in [-0.39, 0.29) is 22.8 Å². The molecule has 0 unspecified atom stereocenters. The maximum absolute atomic E-state index is 14.8. The minimum atomic E-state index is -4.80. The van der Waals surface area contributed by atoms with Gasteiger partial charge in [0.15, 0.2) is 17.4 Å². The van der Waals surface area contributed by atoms with E-state index in [1.807, 2.05) is 0 Å². The Morgan fingerprint density at radius 1 is 1.11 bits per heavy atom. The van der Waals surface area contributed by atoms with E-state index >= 15 is 0 Å². The van der Waals surface area contributed by atoms with Gasteiger partial charge in [0.25, 0.3) is 15.9 Å². The number of ether oxygens (including phenoxy) is 1. The molecule has 5 N–H and O–H groups in total. The normalized spacial score (nSPS) is 12.4. The second-order valence-electron chi connectivity index (χ2n) is 7.18. The van der Waals surface area contributed by atoms with Crippen molar-refractivity contribution < 1.29 is 37.8 Å². The smallest absolute Gasteiger partial charge is 0.266 e. The van der Waals surface area contributed by atoms with Gasteiger partial charge in [-0.2, -0.15) is 0 Å². The molecular weight excluding hydrogens is 489 g/mol. The van der Waals surface area contributed by atoms with Crippen molar-refractivity contribution in [2.75, 3.05) is 4.31 Å². The Labute approximate surface area is 199 Å². The first-order valence-electron chi connectivity index (χ1n) is 10.2. The molecule has 0 saturated carbocycles. The predicted molar refractivity (Wildman–Crippen MR) is 119 cm³/mol. The lowest BCUT2D eigenvalue weighted by atomic mass is 10.2. The lowest BCUT2D eigenvalue weighted by Crippen LogP contribution is -2.47. The molecule has 184 valence electrons. The highest BCUT2D eigenvalue weighted by Gasteiger charge is 2.35. The molecule has 1 amide bonds. The van der Waals surface area contributed by atoms with Crippen LogP contribution in [0.5, 0.6) is 11.5 Å². The molecule has 35 heavy (non-hydrogen) atoms. The highest BCUT2D eigenvalue weighted by atomic mass is 32.2. The zero-order valence-electron chi connectivity index (χ0n) is 19.0. The van der Waals surface area contributed by atoms with Crippen molar-refractivity contribution in [3.8, 4) is 11.5 Å². The van der Waals surface area contributed by atoms with Gasteiger partial charge in [-0.25, -0.2) is 27.1 Å². The molecule has 0 radical (unpaired) electrons. The third-order valence-electron chi connectivity index (χ3n) is 4.83. The van der Waals surface area contributed by atoms with Gasteiger partial charge in [-0.1, -0.05) is 0 Å². The molecule has 3 rings (SSSR count). The number of carbonyl (C=O) groups is 1. The number of hydroxylamine groups is 1. The number of amidine groups is 1. The predicted octanol–water partition coefficient (Wildman–Crippen LogP) is 3.27. The topological polar surface area (TPSA) is 146 Å². The van der Waals surface area contributed by atoms with Crippen LogP contribution in [0.15, 0.2) is 65.6 Å². The van der Waals surface area contributed by atoms with E-state index in [4.69, 9.17) is 17.3 Å². The Bertz CT molecular complexity index is 1370.